The van der Waals surface area contributed by atoms with Crippen LogP contribution in [0.1, 0.15) is 18.7 Å². The third-order valence-electron chi connectivity index (χ3n) is 2.56. The Hall–Kier alpha value is -2.15. The summed E-state index contributed by atoms with van der Waals surface area (Å²) in [5.41, 5.74) is 0.905. The summed E-state index contributed by atoms with van der Waals surface area (Å²) < 4.78 is 11.0. The molecular formula is C13H12N4O2S. The molecule has 1 aromatic carbocycles. The highest BCUT2D eigenvalue weighted by molar-refractivity contribution is 7.98. The summed E-state index contributed by atoms with van der Waals surface area (Å²) in [6, 6.07) is 9.65. The van der Waals surface area contributed by atoms with Gasteiger partial charge < -0.3 is 8.83 Å². The van der Waals surface area contributed by atoms with Gasteiger partial charge in [-0.3, -0.25) is 0 Å². The Labute approximate surface area is 119 Å². The Kier molecular flexibility index (Phi) is 3.78. The van der Waals surface area contributed by atoms with Crippen molar-refractivity contribution in [3.05, 3.63) is 42.1 Å². The minimum absolute atomic E-state index is 0.505. The highest BCUT2D eigenvalue weighted by Crippen LogP contribution is 2.23. The molecule has 0 spiro atoms. The lowest BCUT2D eigenvalue weighted by molar-refractivity contribution is 0.416. The zero-order valence-electron chi connectivity index (χ0n) is 10.8. The van der Waals surface area contributed by atoms with Gasteiger partial charge in [0.2, 0.25) is 17.7 Å². The Bertz CT molecular complexity index is 681. The number of aryl methyl sites for hydroxylation is 1. The number of aromatic nitrogens is 4. The van der Waals surface area contributed by atoms with Crippen LogP contribution in [0.25, 0.3) is 11.5 Å². The van der Waals surface area contributed by atoms with Gasteiger partial charge in [-0.25, -0.2) is 0 Å². The third-order valence-corrected chi connectivity index (χ3v) is 3.36. The zero-order chi connectivity index (χ0) is 13.8. The number of rotatable bonds is 5. The molecule has 2 heterocycles. The van der Waals surface area contributed by atoms with Crippen molar-refractivity contribution < 1.29 is 8.83 Å². The van der Waals surface area contributed by atoms with Crippen LogP contribution in [-0.4, -0.2) is 20.4 Å². The molecule has 0 radical (unpaired) electrons. The first-order chi connectivity index (χ1) is 9.85. The second-order valence-electron chi connectivity index (χ2n) is 3.97. The lowest BCUT2D eigenvalue weighted by atomic mass is 10.2. The molecular weight excluding hydrogens is 276 g/mol. The Morgan fingerprint density at radius 2 is 1.75 bits per heavy atom. The van der Waals surface area contributed by atoms with Crippen LogP contribution in [-0.2, 0) is 12.2 Å². The summed E-state index contributed by atoms with van der Waals surface area (Å²) in [6.07, 6.45) is 0.728. The molecule has 20 heavy (non-hydrogen) atoms. The predicted molar refractivity (Wildman–Crippen MR) is 73.0 cm³/mol. The van der Waals surface area contributed by atoms with E-state index in [9.17, 15) is 0 Å². The van der Waals surface area contributed by atoms with Crippen molar-refractivity contribution in [1.82, 2.24) is 20.4 Å². The maximum Gasteiger partial charge on any atom is 0.277 e. The van der Waals surface area contributed by atoms with Gasteiger partial charge in [0.25, 0.3) is 5.22 Å². The molecule has 0 amide bonds. The van der Waals surface area contributed by atoms with Gasteiger partial charge in [-0.15, -0.1) is 20.4 Å². The van der Waals surface area contributed by atoms with E-state index in [1.807, 2.05) is 37.3 Å². The molecule has 0 saturated carbocycles. The molecule has 0 fully saturated rings. The monoisotopic (exact) mass is 288 g/mol. The van der Waals surface area contributed by atoms with Gasteiger partial charge in [0.15, 0.2) is 0 Å². The van der Waals surface area contributed by atoms with Crippen LogP contribution in [0.15, 0.2) is 44.4 Å². The van der Waals surface area contributed by atoms with Crippen molar-refractivity contribution in [2.24, 2.45) is 0 Å². The number of hydrogen-bond donors (Lipinski definition) is 0. The van der Waals surface area contributed by atoms with E-state index in [1.54, 1.807) is 0 Å². The van der Waals surface area contributed by atoms with Crippen molar-refractivity contribution in [2.45, 2.75) is 24.3 Å². The fraction of sp³-hybridized carbons (Fsp3) is 0.231. The van der Waals surface area contributed by atoms with E-state index in [1.165, 1.54) is 11.8 Å². The van der Waals surface area contributed by atoms with Crippen LogP contribution in [0, 0.1) is 0 Å². The number of benzene rings is 1. The molecule has 0 aliphatic heterocycles. The van der Waals surface area contributed by atoms with Gasteiger partial charge in [-0.1, -0.05) is 36.9 Å². The first-order valence-electron chi connectivity index (χ1n) is 6.18. The van der Waals surface area contributed by atoms with Crippen molar-refractivity contribution in [1.29, 1.82) is 0 Å². The molecule has 3 aromatic rings. The summed E-state index contributed by atoms with van der Waals surface area (Å²) in [6.45, 7) is 1.96. The van der Waals surface area contributed by atoms with E-state index in [4.69, 9.17) is 8.83 Å². The van der Waals surface area contributed by atoms with Crippen molar-refractivity contribution in [3.8, 4) is 11.5 Å². The molecule has 7 heteroatoms. The summed E-state index contributed by atoms with van der Waals surface area (Å²) in [5, 5.41) is 16.4. The van der Waals surface area contributed by atoms with Gasteiger partial charge >= 0.3 is 0 Å². The smallest absolute Gasteiger partial charge is 0.277 e. The summed E-state index contributed by atoms with van der Waals surface area (Å²) in [4.78, 5) is 0. The fourth-order valence-electron chi connectivity index (χ4n) is 1.57. The molecule has 0 atom stereocenters. The normalized spacial score (nSPS) is 10.8. The minimum atomic E-state index is 0.505. The van der Waals surface area contributed by atoms with E-state index < -0.39 is 0 Å². The molecule has 0 aliphatic rings. The maximum atomic E-state index is 5.59. The van der Waals surface area contributed by atoms with Gasteiger partial charge in [0.05, 0.1) is 5.75 Å². The number of hydrogen-bond acceptors (Lipinski definition) is 7. The Morgan fingerprint density at radius 1 is 0.950 bits per heavy atom. The van der Waals surface area contributed by atoms with Crippen LogP contribution >= 0.6 is 11.8 Å². The molecule has 0 N–H and O–H groups in total. The molecule has 0 aliphatic carbocycles. The van der Waals surface area contributed by atoms with Crippen LogP contribution in [0.3, 0.4) is 0 Å². The predicted octanol–water partition coefficient (Wildman–Crippen LogP) is 2.97. The molecule has 3 rings (SSSR count). The van der Waals surface area contributed by atoms with Gasteiger partial charge in [-0.05, 0) is 12.1 Å². The quantitative estimate of drug-likeness (QED) is 0.668. The summed E-state index contributed by atoms with van der Waals surface area (Å²) in [5.74, 6) is 2.18. The third kappa shape index (κ3) is 2.88. The van der Waals surface area contributed by atoms with Crippen LogP contribution < -0.4 is 0 Å². The van der Waals surface area contributed by atoms with Crippen molar-refractivity contribution in [2.75, 3.05) is 0 Å². The van der Waals surface area contributed by atoms with E-state index in [2.05, 4.69) is 20.4 Å². The Balaban J connectivity index is 1.65. The van der Waals surface area contributed by atoms with Gasteiger partial charge in [0.1, 0.15) is 0 Å². The molecule has 2 aromatic heterocycles. The highest BCUT2D eigenvalue weighted by atomic mass is 32.2. The molecule has 6 nitrogen and oxygen atoms in total. The SMILES string of the molecule is CCc1nnc(SCc2nnc(-c3ccccc3)o2)o1. The van der Waals surface area contributed by atoms with Crippen LogP contribution in [0.4, 0.5) is 0 Å². The molecule has 102 valence electrons. The fourth-order valence-corrected chi connectivity index (χ4v) is 2.19. The summed E-state index contributed by atoms with van der Waals surface area (Å²) in [7, 11) is 0. The van der Waals surface area contributed by atoms with E-state index in [-0.39, 0.29) is 0 Å². The first kappa shape index (κ1) is 12.9. The lowest BCUT2D eigenvalue weighted by Gasteiger charge is -1.92. The van der Waals surface area contributed by atoms with E-state index >= 15 is 0 Å². The van der Waals surface area contributed by atoms with Crippen molar-refractivity contribution >= 4 is 11.8 Å². The maximum absolute atomic E-state index is 5.59. The average molecular weight is 288 g/mol. The van der Waals surface area contributed by atoms with Crippen molar-refractivity contribution in [3.63, 3.8) is 0 Å². The van der Waals surface area contributed by atoms with E-state index in [0.29, 0.717) is 28.6 Å². The standard InChI is InChI=1S/C13H12N4O2S/c1-2-10-14-17-13(19-10)20-8-11-15-16-12(18-11)9-6-4-3-5-7-9/h3-7H,2,8H2,1H3. The number of nitrogens with zero attached hydrogens (tertiary/aromatic N) is 4. The zero-order valence-corrected chi connectivity index (χ0v) is 11.6. The molecule has 0 saturated heterocycles. The first-order valence-corrected chi connectivity index (χ1v) is 7.16. The second kappa shape index (κ2) is 5.87. The minimum Gasteiger partial charge on any atom is -0.420 e. The lowest BCUT2D eigenvalue weighted by Crippen LogP contribution is -1.80. The van der Waals surface area contributed by atoms with Gasteiger partial charge in [0, 0.05) is 12.0 Å². The summed E-state index contributed by atoms with van der Waals surface area (Å²) >= 11 is 1.38. The Morgan fingerprint density at radius 3 is 2.50 bits per heavy atom. The average Bonchev–Trinajstić information content (AvgIpc) is 3.15. The van der Waals surface area contributed by atoms with Crippen LogP contribution in [0.5, 0.6) is 0 Å². The van der Waals surface area contributed by atoms with Crippen LogP contribution in [0.2, 0.25) is 0 Å². The van der Waals surface area contributed by atoms with Gasteiger partial charge in [-0.2, -0.15) is 0 Å². The topological polar surface area (TPSA) is 77.8 Å². The number of thioether (sulfide) groups is 1. The molecule has 0 unspecified atom stereocenters. The highest BCUT2D eigenvalue weighted by Gasteiger charge is 2.11. The second-order valence-corrected chi connectivity index (χ2v) is 4.90. The largest absolute Gasteiger partial charge is 0.420 e. The van der Waals surface area contributed by atoms with E-state index in [0.717, 1.165) is 12.0 Å². The molecule has 0 bridgehead atoms.